The Morgan fingerprint density at radius 3 is 2.54 bits per heavy atom. The van der Waals surface area contributed by atoms with Crippen LogP contribution in [0.15, 0.2) is 42.6 Å². The third kappa shape index (κ3) is 4.70. The molecule has 1 saturated heterocycles. The van der Waals surface area contributed by atoms with Gasteiger partial charge in [0.05, 0.1) is 5.92 Å². The highest BCUT2D eigenvalue weighted by Crippen LogP contribution is 2.25. The van der Waals surface area contributed by atoms with Crippen molar-refractivity contribution in [2.45, 2.75) is 57.4 Å². The summed E-state index contributed by atoms with van der Waals surface area (Å²) in [7, 11) is 0. The lowest BCUT2D eigenvalue weighted by Crippen LogP contribution is -2.46. The van der Waals surface area contributed by atoms with Crippen LogP contribution >= 0.6 is 0 Å². The fraction of sp³-hybridized carbons (Fsp3) is 0.522. The summed E-state index contributed by atoms with van der Waals surface area (Å²) in [5.41, 5.74) is 1.02. The number of hydrogen-bond donors (Lipinski definition) is 1. The Balaban J connectivity index is 1.41. The van der Waals surface area contributed by atoms with Gasteiger partial charge >= 0.3 is 0 Å². The van der Waals surface area contributed by atoms with Crippen molar-refractivity contribution in [2.24, 2.45) is 5.92 Å². The molecule has 0 spiro atoms. The van der Waals surface area contributed by atoms with Crippen molar-refractivity contribution >= 4 is 11.7 Å². The van der Waals surface area contributed by atoms with Crippen molar-refractivity contribution in [1.82, 2.24) is 15.3 Å². The van der Waals surface area contributed by atoms with Crippen LogP contribution in [0.1, 0.15) is 51.4 Å². The zero-order valence-electron chi connectivity index (χ0n) is 16.5. The van der Waals surface area contributed by atoms with Crippen LogP contribution in [0.5, 0.6) is 0 Å². The molecule has 0 unspecified atom stereocenters. The van der Waals surface area contributed by atoms with Gasteiger partial charge in [0, 0.05) is 30.9 Å². The van der Waals surface area contributed by atoms with E-state index in [1.54, 1.807) is 0 Å². The highest BCUT2D eigenvalue weighted by atomic mass is 16.2. The van der Waals surface area contributed by atoms with E-state index >= 15 is 0 Å². The van der Waals surface area contributed by atoms with Gasteiger partial charge in [0.2, 0.25) is 5.91 Å². The smallest absolute Gasteiger partial charge is 0.225 e. The summed E-state index contributed by atoms with van der Waals surface area (Å²) >= 11 is 0. The number of nitrogens with zero attached hydrogens (tertiary/aromatic N) is 3. The Bertz CT molecular complexity index is 771. The number of aromatic nitrogens is 2. The number of carbonyl (C=O) groups excluding carboxylic acids is 1. The van der Waals surface area contributed by atoms with E-state index in [9.17, 15) is 4.79 Å². The molecule has 5 nitrogen and oxygen atoms in total. The molecule has 1 aliphatic heterocycles. The Labute approximate surface area is 167 Å². The molecular weight excluding hydrogens is 348 g/mol. The van der Waals surface area contributed by atoms with Crippen molar-refractivity contribution in [3.05, 3.63) is 42.6 Å². The second-order valence-corrected chi connectivity index (χ2v) is 8.09. The topological polar surface area (TPSA) is 58.1 Å². The lowest BCUT2D eigenvalue weighted by molar-refractivity contribution is -0.126. The normalized spacial score (nSPS) is 21.1. The summed E-state index contributed by atoms with van der Waals surface area (Å²) in [5, 5.41) is 3.34. The summed E-state index contributed by atoms with van der Waals surface area (Å²) in [6.45, 7) is 1.68. The van der Waals surface area contributed by atoms with E-state index in [0.29, 0.717) is 6.04 Å². The van der Waals surface area contributed by atoms with Gasteiger partial charge in [-0.2, -0.15) is 0 Å². The van der Waals surface area contributed by atoms with Crippen molar-refractivity contribution in [3.8, 4) is 11.4 Å². The van der Waals surface area contributed by atoms with Crippen LogP contribution in [-0.2, 0) is 4.79 Å². The monoisotopic (exact) mass is 378 g/mol. The summed E-state index contributed by atoms with van der Waals surface area (Å²) < 4.78 is 0. The predicted octanol–water partition coefficient (Wildman–Crippen LogP) is 4.20. The minimum atomic E-state index is 0.0483. The first kappa shape index (κ1) is 18.9. The second-order valence-electron chi connectivity index (χ2n) is 8.09. The third-order valence-corrected chi connectivity index (χ3v) is 5.99. The van der Waals surface area contributed by atoms with Crippen LogP contribution in [0.3, 0.4) is 0 Å². The summed E-state index contributed by atoms with van der Waals surface area (Å²) in [6.07, 6.45) is 11.2. The number of piperidine rings is 1. The lowest BCUT2D eigenvalue weighted by Gasteiger charge is -2.33. The molecule has 0 bridgehead atoms. The molecule has 2 aromatic rings. The molecule has 2 aliphatic rings. The zero-order valence-corrected chi connectivity index (χ0v) is 16.5. The van der Waals surface area contributed by atoms with Crippen LogP contribution in [0.2, 0.25) is 0 Å². The maximum atomic E-state index is 12.9. The van der Waals surface area contributed by atoms with E-state index in [1.807, 2.05) is 42.6 Å². The Morgan fingerprint density at radius 2 is 1.75 bits per heavy atom. The van der Waals surface area contributed by atoms with Crippen molar-refractivity contribution in [3.63, 3.8) is 0 Å². The Kier molecular flexibility index (Phi) is 6.20. The first-order valence-corrected chi connectivity index (χ1v) is 10.7. The van der Waals surface area contributed by atoms with Gasteiger partial charge in [-0.25, -0.2) is 9.97 Å². The van der Waals surface area contributed by atoms with Crippen molar-refractivity contribution in [1.29, 1.82) is 0 Å². The van der Waals surface area contributed by atoms with Gasteiger partial charge in [0.25, 0.3) is 0 Å². The molecule has 1 saturated carbocycles. The molecule has 1 N–H and O–H groups in total. The van der Waals surface area contributed by atoms with E-state index in [2.05, 4.69) is 15.2 Å². The average Bonchev–Trinajstić information content (AvgIpc) is 3.03. The Hall–Kier alpha value is -2.43. The number of nitrogens with one attached hydrogen (secondary N) is 1. The van der Waals surface area contributed by atoms with Crippen molar-refractivity contribution in [2.75, 3.05) is 18.0 Å². The molecular formula is C23H30N4O. The molecule has 0 radical (unpaired) electrons. The fourth-order valence-corrected chi connectivity index (χ4v) is 4.39. The van der Waals surface area contributed by atoms with Gasteiger partial charge in [-0.3, -0.25) is 4.79 Å². The van der Waals surface area contributed by atoms with Crippen LogP contribution in [0.25, 0.3) is 11.4 Å². The van der Waals surface area contributed by atoms with Crippen LogP contribution in [0, 0.1) is 5.92 Å². The average molecular weight is 379 g/mol. The number of rotatable bonds is 4. The number of carbonyl (C=O) groups is 1. The fourth-order valence-electron chi connectivity index (χ4n) is 4.39. The summed E-state index contributed by atoms with van der Waals surface area (Å²) in [6, 6.07) is 12.4. The van der Waals surface area contributed by atoms with E-state index < -0.39 is 0 Å². The van der Waals surface area contributed by atoms with Crippen molar-refractivity contribution < 1.29 is 4.79 Å². The predicted molar refractivity (Wildman–Crippen MR) is 112 cm³/mol. The van der Waals surface area contributed by atoms with Gasteiger partial charge in [-0.15, -0.1) is 0 Å². The number of hydrogen-bond acceptors (Lipinski definition) is 4. The largest absolute Gasteiger partial charge is 0.356 e. The van der Waals surface area contributed by atoms with Gasteiger partial charge in [-0.05, 0) is 31.7 Å². The van der Waals surface area contributed by atoms with Gasteiger partial charge < -0.3 is 10.2 Å². The van der Waals surface area contributed by atoms with E-state index in [0.717, 1.165) is 56.0 Å². The van der Waals surface area contributed by atoms with Gasteiger partial charge in [0.1, 0.15) is 5.82 Å². The molecule has 2 fully saturated rings. The maximum Gasteiger partial charge on any atom is 0.225 e. The summed E-state index contributed by atoms with van der Waals surface area (Å²) in [4.78, 5) is 24.3. The minimum absolute atomic E-state index is 0.0483. The molecule has 28 heavy (non-hydrogen) atoms. The SMILES string of the molecule is O=C(NC1CCCCCC1)[C@H]1CCCN(c2ccnc(-c3ccccc3)n2)C1. The second kappa shape index (κ2) is 9.18. The zero-order chi connectivity index (χ0) is 19.2. The van der Waals surface area contributed by atoms with E-state index in [-0.39, 0.29) is 11.8 Å². The first-order valence-electron chi connectivity index (χ1n) is 10.7. The number of anilines is 1. The van der Waals surface area contributed by atoms with Crippen LogP contribution in [0.4, 0.5) is 5.82 Å². The minimum Gasteiger partial charge on any atom is -0.356 e. The highest BCUT2D eigenvalue weighted by Gasteiger charge is 2.28. The molecule has 1 amide bonds. The maximum absolute atomic E-state index is 12.9. The van der Waals surface area contributed by atoms with Gasteiger partial charge in [0.15, 0.2) is 5.82 Å². The molecule has 2 heterocycles. The molecule has 1 atom stereocenters. The standard InChI is InChI=1S/C23H30N4O/c28-23(25-20-12-6-1-2-7-13-20)19-11-8-16-27(17-19)21-14-15-24-22(26-21)18-9-4-3-5-10-18/h3-5,9-10,14-15,19-20H,1-2,6-8,11-13,16-17H2,(H,25,28)/t19-/m0/s1. The molecule has 5 heteroatoms. The lowest BCUT2D eigenvalue weighted by atomic mass is 9.96. The van der Waals surface area contributed by atoms with Crippen LogP contribution in [-0.4, -0.2) is 35.0 Å². The molecule has 1 aromatic heterocycles. The molecule has 1 aliphatic carbocycles. The third-order valence-electron chi connectivity index (χ3n) is 5.99. The highest BCUT2D eigenvalue weighted by molar-refractivity contribution is 5.80. The number of amides is 1. The van der Waals surface area contributed by atoms with E-state index in [4.69, 9.17) is 4.98 Å². The molecule has 148 valence electrons. The van der Waals surface area contributed by atoms with Crippen LogP contribution < -0.4 is 10.2 Å². The number of benzene rings is 1. The first-order chi connectivity index (χ1) is 13.8. The van der Waals surface area contributed by atoms with E-state index in [1.165, 1.54) is 25.7 Å². The molecule has 4 rings (SSSR count). The van der Waals surface area contributed by atoms with Gasteiger partial charge in [-0.1, -0.05) is 56.0 Å². The quantitative estimate of drug-likeness (QED) is 0.810. The summed E-state index contributed by atoms with van der Waals surface area (Å²) in [5.74, 6) is 1.94. The molecule has 1 aromatic carbocycles. The Morgan fingerprint density at radius 1 is 0.964 bits per heavy atom.